The maximum atomic E-state index is 10.5. The largest absolute Gasteiger partial charge is 0.478 e. The highest BCUT2D eigenvalue weighted by Gasteiger charge is 2.01. The fourth-order valence-corrected chi connectivity index (χ4v) is 1.13. The summed E-state index contributed by atoms with van der Waals surface area (Å²) in [6.45, 7) is 4.47. The van der Waals surface area contributed by atoms with Crippen molar-refractivity contribution in [2.24, 2.45) is 0 Å². The predicted molar refractivity (Wildman–Crippen MR) is 51.4 cm³/mol. The van der Waals surface area contributed by atoms with E-state index < -0.39 is 5.97 Å². The molecule has 1 rings (SSSR count). The van der Waals surface area contributed by atoms with Crippen molar-refractivity contribution >= 4 is 12.0 Å². The van der Waals surface area contributed by atoms with Crippen molar-refractivity contribution < 1.29 is 9.90 Å². The molecule has 13 heavy (non-hydrogen) atoms. The molecule has 1 aromatic heterocycles. The van der Waals surface area contributed by atoms with Crippen molar-refractivity contribution in [3.63, 3.8) is 0 Å². The van der Waals surface area contributed by atoms with E-state index in [1.54, 1.807) is 13.0 Å². The first-order valence-electron chi connectivity index (χ1n) is 4.22. The van der Waals surface area contributed by atoms with Gasteiger partial charge >= 0.3 is 5.97 Å². The summed E-state index contributed by atoms with van der Waals surface area (Å²) in [5.41, 5.74) is 1.29. The maximum absolute atomic E-state index is 10.5. The van der Waals surface area contributed by atoms with Gasteiger partial charge < -0.3 is 9.67 Å². The fourth-order valence-electron chi connectivity index (χ4n) is 1.13. The van der Waals surface area contributed by atoms with Crippen molar-refractivity contribution in [1.29, 1.82) is 0 Å². The molecule has 1 N–H and O–H groups in total. The van der Waals surface area contributed by atoms with Crippen LogP contribution in [0.2, 0.25) is 0 Å². The topological polar surface area (TPSA) is 42.2 Å². The second kappa shape index (κ2) is 3.94. The maximum Gasteiger partial charge on any atom is 0.331 e. The SMILES string of the molecule is CCn1cccc1C=C(C)C(=O)O. The Balaban J connectivity index is 2.96. The molecule has 0 saturated heterocycles. The smallest absolute Gasteiger partial charge is 0.331 e. The van der Waals surface area contributed by atoms with Gasteiger partial charge in [-0.2, -0.15) is 0 Å². The van der Waals surface area contributed by atoms with E-state index in [-0.39, 0.29) is 0 Å². The van der Waals surface area contributed by atoms with Crippen LogP contribution < -0.4 is 0 Å². The van der Waals surface area contributed by atoms with Gasteiger partial charge in [-0.05, 0) is 32.1 Å². The van der Waals surface area contributed by atoms with Crippen LogP contribution in [-0.4, -0.2) is 15.6 Å². The Bertz CT molecular complexity index is 336. The molecular weight excluding hydrogens is 166 g/mol. The summed E-state index contributed by atoms with van der Waals surface area (Å²) in [6.07, 6.45) is 3.60. The lowest BCUT2D eigenvalue weighted by molar-refractivity contribution is -0.132. The van der Waals surface area contributed by atoms with E-state index in [0.717, 1.165) is 12.2 Å². The number of aryl methyl sites for hydroxylation is 1. The molecule has 0 atom stereocenters. The van der Waals surface area contributed by atoms with Crippen LogP contribution in [0.25, 0.3) is 6.08 Å². The molecule has 0 aromatic carbocycles. The number of carboxylic acids is 1. The van der Waals surface area contributed by atoms with E-state index in [1.165, 1.54) is 0 Å². The minimum Gasteiger partial charge on any atom is -0.478 e. The van der Waals surface area contributed by atoms with Gasteiger partial charge in [-0.15, -0.1) is 0 Å². The average molecular weight is 179 g/mol. The molecule has 0 radical (unpaired) electrons. The van der Waals surface area contributed by atoms with Gasteiger partial charge in [0.1, 0.15) is 0 Å². The predicted octanol–water partition coefficient (Wildman–Crippen LogP) is 2.00. The van der Waals surface area contributed by atoms with E-state index in [4.69, 9.17) is 5.11 Å². The number of aromatic nitrogens is 1. The number of hydrogen-bond acceptors (Lipinski definition) is 1. The summed E-state index contributed by atoms with van der Waals surface area (Å²) >= 11 is 0. The Morgan fingerprint density at radius 3 is 2.92 bits per heavy atom. The van der Waals surface area contributed by atoms with E-state index in [9.17, 15) is 4.79 Å². The van der Waals surface area contributed by atoms with Gasteiger partial charge in [0.05, 0.1) is 0 Å². The summed E-state index contributed by atoms with van der Waals surface area (Å²) in [6, 6.07) is 3.81. The third-order valence-electron chi connectivity index (χ3n) is 1.91. The molecule has 0 bridgehead atoms. The summed E-state index contributed by atoms with van der Waals surface area (Å²) in [5.74, 6) is -0.871. The molecule has 70 valence electrons. The molecule has 1 aromatic rings. The van der Waals surface area contributed by atoms with E-state index in [2.05, 4.69) is 0 Å². The lowest BCUT2D eigenvalue weighted by Gasteiger charge is -2.01. The molecule has 0 aliphatic heterocycles. The van der Waals surface area contributed by atoms with E-state index in [1.807, 2.05) is 29.8 Å². The van der Waals surface area contributed by atoms with E-state index in [0.29, 0.717) is 5.57 Å². The second-order valence-corrected chi connectivity index (χ2v) is 2.85. The van der Waals surface area contributed by atoms with Crippen molar-refractivity contribution in [1.82, 2.24) is 4.57 Å². The Kier molecular flexibility index (Phi) is 2.90. The Labute approximate surface area is 77.3 Å². The van der Waals surface area contributed by atoms with Gasteiger partial charge in [-0.1, -0.05) is 0 Å². The molecule has 3 nitrogen and oxygen atoms in total. The first-order valence-corrected chi connectivity index (χ1v) is 4.22. The summed E-state index contributed by atoms with van der Waals surface area (Å²) < 4.78 is 1.99. The fraction of sp³-hybridized carbons (Fsp3) is 0.300. The molecule has 0 unspecified atom stereocenters. The lowest BCUT2D eigenvalue weighted by atomic mass is 10.2. The summed E-state index contributed by atoms with van der Waals surface area (Å²) in [4.78, 5) is 10.5. The standard InChI is InChI=1S/C10H13NO2/c1-3-11-6-4-5-9(11)7-8(2)10(12)13/h4-7H,3H2,1-2H3,(H,12,13). The van der Waals surface area contributed by atoms with Gasteiger partial charge in [0, 0.05) is 24.0 Å². The van der Waals surface area contributed by atoms with Gasteiger partial charge in [-0.25, -0.2) is 4.79 Å². The quantitative estimate of drug-likeness (QED) is 0.721. The molecule has 0 aliphatic rings. The van der Waals surface area contributed by atoms with Gasteiger partial charge in [0.2, 0.25) is 0 Å². The highest BCUT2D eigenvalue weighted by atomic mass is 16.4. The van der Waals surface area contributed by atoms with E-state index >= 15 is 0 Å². The summed E-state index contributed by atoms with van der Waals surface area (Å²) in [5, 5.41) is 8.67. The number of aliphatic carboxylic acids is 1. The number of rotatable bonds is 3. The number of nitrogens with zero attached hydrogens (tertiary/aromatic N) is 1. The normalized spacial score (nSPS) is 11.7. The number of carboxylic acid groups (broad SMARTS) is 1. The van der Waals surface area contributed by atoms with Crippen LogP contribution in [0.4, 0.5) is 0 Å². The zero-order valence-corrected chi connectivity index (χ0v) is 7.82. The van der Waals surface area contributed by atoms with Gasteiger partial charge in [0.25, 0.3) is 0 Å². The van der Waals surface area contributed by atoms with Crippen molar-refractivity contribution in [2.45, 2.75) is 20.4 Å². The number of hydrogen-bond donors (Lipinski definition) is 1. The van der Waals surface area contributed by atoms with Crippen LogP contribution in [0, 0.1) is 0 Å². The first kappa shape index (κ1) is 9.58. The second-order valence-electron chi connectivity index (χ2n) is 2.85. The third kappa shape index (κ3) is 2.21. The Hall–Kier alpha value is -1.51. The molecule has 0 spiro atoms. The van der Waals surface area contributed by atoms with Crippen LogP contribution in [0.5, 0.6) is 0 Å². The minimum absolute atomic E-state index is 0.355. The summed E-state index contributed by atoms with van der Waals surface area (Å²) in [7, 11) is 0. The van der Waals surface area contributed by atoms with Crippen molar-refractivity contribution in [2.75, 3.05) is 0 Å². The van der Waals surface area contributed by atoms with Crippen LogP contribution >= 0.6 is 0 Å². The molecule has 0 amide bonds. The molecule has 0 aliphatic carbocycles. The zero-order chi connectivity index (χ0) is 9.84. The highest BCUT2D eigenvalue weighted by molar-refractivity contribution is 5.91. The van der Waals surface area contributed by atoms with Crippen LogP contribution in [0.3, 0.4) is 0 Å². The molecule has 1 heterocycles. The highest BCUT2D eigenvalue weighted by Crippen LogP contribution is 2.08. The monoisotopic (exact) mass is 179 g/mol. The first-order chi connectivity index (χ1) is 6.15. The molecule has 0 fully saturated rings. The van der Waals surface area contributed by atoms with Crippen LogP contribution in [-0.2, 0) is 11.3 Å². The van der Waals surface area contributed by atoms with Crippen LogP contribution in [0.15, 0.2) is 23.9 Å². The minimum atomic E-state index is -0.871. The Morgan fingerprint density at radius 2 is 2.38 bits per heavy atom. The lowest BCUT2D eigenvalue weighted by Crippen LogP contribution is -1.99. The molecular formula is C10H13NO2. The van der Waals surface area contributed by atoms with Crippen molar-refractivity contribution in [3.8, 4) is 0 Å². The third-order valence-corrected chi connectivity index (χ3v) is 1.91. The zero-order valence-electron chi connectivity index (χ0n) is 7.82. The van der Waals surface area contributed by atoms with Crippen molar-refractivity contribution in [3.05, 3.63) is 29.6 Å². The van der Waals surface area contributed by atoms with Gasteiger partial charge in [0.15, 0.2) is 0 Å². The number of carbonyl (C=O) groups is 1. The Morgan fingerprint density at radius 1 is 1.69 bits per heavy atom. The van der Waals surface area contributed by atoms with Gasteiger partial charge in [-0.3, -0.25) is 0 Å². The molecule has 3 heteroatoms. The van der Waals surface area contributed by atoms with Crippen LogP contribution in [0.1, 0.15) is 19.5 Å². The molecule has 0 saturated carbocycles. The average Bonchev–Trinajstić information content (AvgIpc) is 2.51.